The number of carboxylic acids is 1. The highest BCUT2D eigenvalue weighted by Gasteiger charge is 2.42. The summed E-state index contributed by atoms with van der Waals surface area (Å²) in [6.45, 7) is 1.34. The molecule has 0 bridgehead atoms. The number of aliphatic carboxylic acids is 1. The number of nitrogens with zero attached hydrogens (tertiary/aromatic N) is 1. The van der Waals surface area contributed by atoms with Crippen LogP contribution in [0.1, 0.15) is 25.7 Å². The average molecular weight is 256 g/mol. The van der Waals surface area contributed by atoms with E-state index in [1.807, 2.05) is 0 Å². The van der Waals surface area contributed by atoms with Crippen LogP contribution in [0.5, 0.6) is 0 Å². The van der Waals surface area contributed by atoms with Gasteiger partial charge in [-0.2, -0.15) is 0 Å². The van der Waals surface area contributed by atoms with Crippen molar-refractivity contribution >= 4 is 11.9 Å². The average Bonchev–Trinajstić information content (AvgIpc) is 3.17. The lowest BCUT2D eigenvalue weighted by Gasteiger charge is -2.30. The Bertz CT molecular complexity index is 333. The molecule has 0 aromatic heterocycles. The number of carbonyl (C=O) groups is 2. The fourth-order valence-corrected chi connectivity index (χ4v) is 2.29. The van der Waals surface area contributed by atoms with Gasteiger partial charge >= 0.3 is 5.97 Å². The number of aliphatic hydroxyl groups is 1. The van der Waals surface area contributed by atoms with Crippen molar-refractivity contribution in [1.29, 1.82) is 0 Å². The third kappa shape index (κ3) is 3.00. The predicted octanol–water partition coefficient (Wildman–Crippen LogP) is -0.576. The van der Waals surface area contributed by atoms with E-state index in [9.17, 15) is 9.59 Å². The maximum atomic E-state index is 11.9. The van der Waals surface area contributed by atoms with E-state index in [0.29, 0.717) is 25.9 Å². The zero-order valence-electron chi connectivity index (χ0n) is 10.4. The Morgan fingerprint density at radius 1 is 1.28 bits per heavy atom. The SMILES string of the molecule is O=C(O)C1CCN(C(=O)CNC2(CO)CC2)CC1. The van der Waals surface area contributed by atoms with Gasteiger partial charge in [-0.25, -0.2) is 0 Å². The van der Waals surface area contributed by atoms with E-state index in [1.54, 1.807) is 4.90 Å². The van der Waals surface area contributed by atoms with E-state index in [0.717, 1.165) is 12.8 Å². The third-order valence-corrected chi connectivity index (χ3v) is 3.97. The van der Waals surface area contributed by atoms with Crippen molar-refractivity contribution in [1.82, 2.24) is 10.2 Å². The number of hydrogen-bond acceptors (Lipinski definition) is 4. The lowest BCUT2D eigenvalue weighted by Crippen LogP contribution is -2.47. The molecule has 1 saturated carbocycles. The third-order valence-electron chi connectivity index (χ3n) is 3.97. The molecule has 1 saturated heterocycles. The van der Waals surface area contributed by atoms with Crippen molar-refractivity contribution in [2.24, 2.45) is 5.92 Å². The second-order valence-electron chi connectivity index (χ2n) is 5.29. The summed E-state index contributed by atoms with van der Waals surface area (Å²) in [5.41, 5.74) is -0.227. The van der Waals surface area contributed by atoms with Crippen LogP contribution in [0, 0.1) is 5.92 Å². The number of nitrogens with one attached hydrogen (secondary N) is 1. The molecule has 6 heteroatoms. The molecule has 1 heterocycles. The molecule has 1 aliphatic heterocycles. The quantitative estimate of drug-likeness (QED) is 0.612. The molecule has 0 aromatic carbocycles. The molecule has 2 aliphatic rings. The molecule has 18 heavy (non-hydrogen) atoms. The number of aliphatic hydroxyl groups excluding tert-OH is 1. The first-order valence-electron chi connectivity index (χ1n) is 6.43. The summed E-state index contributed by atoms with van der Waals surface area (Å²) in [4.78, 5) is 24.4. The van der Waals surface area contributed by atoms with E-state index in [1.165, 1.54) is 0 Å². The summed E-state index contributed by atoms with van der Waals surface area (Å²) in [5, 5.41) is 21.1. The Labute approximate surface area is 106 Å². The van der Waals surface area contributed by atoms with Gasteiger partial charge in [0.05, 0.1) is 19.1 Å². The van der Waals surface area contributed by atoms with Crippen LogP contribution < -0.4 is 5.32 Å². The Hall–Kier alpha value is -1.14. The second-order valence-corrected chi connectivity index (χ2v) is 5.29. The molecule has 102 valence electrons. The first kappa shape index (κ1) is 13.3. The molecule has 0 unspecified atom stereocenters. The number of rotatable bonds is 5. The Balaban J connectivity index is 1.72. The number of carboxylic acid groups (broad SMARTS) is 1. The summed E-state index contributed by atoms with van der Waals surface area (Å²) >= 11 is 0. The number of carbonyl (C=O) groups excluding carboxylic acids is 1. The minimum absolute atomic E-state index is 0.00133. The van der Waals surface area contributed by atoms with Crippen LogP contribution in [0.25, 0.3) is 0 Å². The van der Waals surface area contributed by atoms with Gasteiger partial charge in [0.25, 0.3) is 0 Å². The number of piperidine rings is 1. The van der Waals surface area contributed by atoms with E-state index in [-0.39, 0.29) is 30.5 Å². The van der Waals surface area contributed by atoms with Gasteiger partial charge in [-0.1, -0.05) is 0 Å². The minimum Gasteiger partial charge on any atom is -0.481 e. The molecule has 1 amide bonds. The molecular formula is C12H20N2O4. The van der Waals surface area contributed by atoms with Gasteiger partial charge in [0.1, 0.15) is 0 Å². The highest BCUT2D eigenvalue weighted by atomic mass is 16.4. The van der Waals surface area contributed by atoms with Crippen LogP contribution in [-0.2, 0) is 9.59 Å². The summed E-state index contributed by atoms with van der Waals surface area (Å²) in [6, 6.07) is 0. The lowest BCUT2D eigenvalue weighted by atomic mass is 9.97. The van der Waals surface area contributed by atoms with Gasteiger partial charge in [0, 0.05) is 18.6 Å². The van der Waals surface area contributed by atoms with Crippen molar-refractivity contribution < 1.29 is 19.8 Å². The first-order chi connectivity index (χ1) is 8.56. The van der Waals surface area contributed by atoms with Crippen LogP contribution in [0.4, 0.5) is 0 Å². The van der Waals surface area contributed by atoms with Gasteiger partial charge in [-0.05, 0) is 25.7 Å². The molecule has 0 radical (unpaired) electrons. The van der Waals surface area contributed by atoms with Gasteiger partial charge < -0.3 is 20.4 Å². The molecule has 6 nitrogen and oxygen atoms in total. The fraction of sp³-hybridized carbons (Fsp3) is 0.833. The second kappa shape index (κ2) is 5.24. The van der Waals surface area contributed by atoms with E-state index < -0.39 is 5.97 Å². The van der Waals surface area contributed by atoms with E-state index >= 15 is 0 Å². The topological polar surface area (TPSA) is 89.9 Å². The largest absolute Gasteiger partial charge is 0.481 e. The van der Waals surface area contributed by atoms with Crippen molar-refractivity contribution in [2.45, 2.75) is 31.2 Å². The summed E-state index contributed by atoms with van der Waals surface area (Å²) in [5.74, 6) is -1.08. The molecule has 2 rings (SSSR count). The molecule has 1 aliphatic carbocycles. The van der Waals surface area contributed by atoms with Gasteiger partial charge in [-0.3, -0.25) is 9.59 Å². The van der Waals surface area contributed by atoms with Crippen LogP contribution in [0.15, 0.2) is 0 Å². The van der Waals surface area contributed by atoms with E-state index in [2.05, 4.69) is 5.32 Å². The molecular weight excluding hydrogens is 236 g/mol. The summed E-state index contributed by atoms with van der Waals surface area (Å²) < 4.78 is 0. The zero-order valence-corrected chi connectivity index (χ0v) is 10.4. The zero-order chi connectivity index (χ0) is 13.2. The van der Waals surface area contributed by atoms with Gasteiger partial charge in [0.2, 0.25) is 5.91 Å². The van der Waals surface area contributed by atoms with Gasteiger partial charge in [-0.15, -0.1) is 0 Å². The molecule has 0 spiro atoms. The van der Waals surface area contributed by atoms with Crippen molar-refractivity contribution in [2.75, 3.05) is 26.2 Å². The summed E-state index contributed by atoms with van der Waals surface area (Å²) in [7, 11) is 0. The summed E-state index contributed by atoms with van der Waals surface area (Å²) in [6.07, 6.45) is 2.90. The molecule has 0 atom stereocenters. The smallest absolute Gasteiger partial charge is 0.306 e. The number of hydrogen-bond donors (Lipinski definition) is 3. The minimum atomic E-state index is -0.766. The lowest BCUT2D eigenvalue weighted by molar-refractivity contribution is -0.145. The first-order valence-corrected chi connectivity index (χ1v) is 6.43. The number of amides is 1. The van der Waals surface area contributed by atoms with Crippen LogP contribution in [-0.4, -0.2) is 58.8 Å². The highest BCUT2D eigenvalue weighted by molar-refractivity contribution is 5.79. The monoisotopic (exact) mass is 256 g/mol. The Morgan fingerprint density at radius 2 is 1.89 bits per heavy atom. The Kier molecular flexibility index (Phi) is 3.87. The van der Waals surface area contributed by atoms with Crippen molar-refractivity contribution in [3.63, 3.8) is 0 Å². The maximum Gasteiger partial charge on any atom is 0.306 e. The van der Waals surface area contributed by atoms with Crippen LogP contribution >= 0.6 is 0 Å². The fourth-order valence-electron chi connectivity index (χ4n) is 2.29. The van der Waals surface area contributed by atoms with Crippen molar-refractivity contribution in [3.8, 4) is 0 Å². The molecule has 0 aromatic rings. The van der Waals surface area contributed by atoms with Crippen LogP contribution in [0.2, 0.25) is 0 Å². The normalized spacial score (nSPS) is 22.8. The Morgan fingerprint density at radius 3 is 2.33 bits per heavy atom. The van der Waals surface area contributed by atoms with Gasteiger partial charge in [0.15, 0.2) is 0 Å². The maximum absolute atomic E-state index is 11.9. The highest BCUT2D eigenvalue weighted by Crippen LogP contribution is 2.34. The van der Waals surface area contributed by atoms with Crippen LogP contribution in [0.3, 0.4) is 0 Å². The molecule has 2 fully saturated rings. The van der Waals surface area contributed by atoms with E-state index in [4.69, 9.17) is 10.2 Å². The standard InChI is InChI=1S/C12H20N2O4/c15-8-12(3-4-12)13-7-10(16)14-5-1-9(2-6-14)11(17)18/h9,13,15H,1-8H2,(H,17,18). The predicted molar refractivity (Wildman–Crippen MR) is 64.0 cm³/mol. The number of likely N-dealkylation sites (tertiary alicyclic amines) is 1. The van der Waals surface area contributed by atoms with Crippen molar-refractivity contribution in [3.05, 3.63) is 0 Å². The molecule has 3 N–H and O–H groups in total.